The molecule has 4 heterocycles. The maximum atomic E-state index is 13.2. The highest BCUT2D eigenvalue weighted by atomic mass is 32.1. The summed E-state index contributed by atoms with van der Waals surface area (Å²) in [5.41, 5.74) is 3.21. The quantitative estimate of drug-likeness (QED) is 0.635. The van der Waals surface area contributed by atoms with Crippen molar-refractivity contribution < 1.29 is 4.79 Å². The summed E-state index contributed by atoms with van der Waals surface area (Å²) in [6, 6.07) is 12.6. The van der Waals surface area contributed by atoms with Crippen LogP contribution in [0.1, 0.15) is 31.7 Å². The minimum absolute atomic E-state index is 0.00515. The van der Waals surface area contributed by atoms with Crippen LogP contribution in [0.3, 0.4) is 0 Å². The highest BCUT2D eigenvalue weighted by Crippen LogP contribution is 2.42. The van der Waals surface area contributed by atoms with Crippen molar-refractivity contribution in [3.05, 3.63) is 64.8 Å². The van der Waals surface area contributed by atoms with Gasteiger partial charge in [0.05, 0.1) is 24.0 Å². The van der Waals surface area contributed by atoms with Crippen molar-refractivity contribution in [3.8, 4) is 0 Å². The van der Waals surface area contributed by atoms with Gasteiger partial charge in [0.25, 0.3) is 0 Å². The van der Waals surface area contributed by atoms with E-state index in [0.29, 0.717) is 19.0 Å². The lowest BCUT2D eigenvalue weighted by atomic mass is 9.94. The number of amides is 2. The molecule has 1 saturated carbocycles. The molecule has 3 aromatic rings. The normalized spacial score (nSPS) is 23.3. The molecule has 1 aromatic carbocycles. The molecule has 0 spiro atoms. The van der Waals surface area contributed by atoms with Gasteiger partial charge in [-0.15, -0.1) is 11.3 Å². The topological polar surface area (TPSA) is 82.5 Å². The molecule has 2 N–H and O–H groups in total. The van der Waals surface area contributed by atoms with Gasteiger partial charge in [0.2, 0.25) is 0 Å². The van der Waals surface area contributed by atoms with Gasteiger partial charge >= 0.3 is 6.03 Å². The van der Waals surface area contributed by atoms with Gasteiger partial charge < -0.3 is 15.5 Å². The van der Waals surface area contributed by atoms with Crippen molar-refractivity contribution in [2.75, 3.05) is 18.4 Å². The monoisotopic (exact) mass is 444 g/mol. The SMILES string of the molecule is CC1(C)C2=C(CN1C(=O)N[C@@H]1C[C@H]1c1ccccc1)C(Nc1ncnc3sccc13)=NC2. The van der Waals surface area contributed by atoms with Crippen LogP contribution in [0.4, 0.5) is 10.6 Å². The fourth-order valence-electron chi connectivity index (χ4n) is 4.85. The van der Waals surface area contributed by atoms with Crippen molar-refractivity contribution in [3.63, 3.8) is 0 Å². The van der Waals surface area contributed by atoms with E-state index < -0.39 is 0 Å². The van der Waals surface area contributed by atoms with Crippen LogP contribution in [0.15, 0.2) is 64.2 Å². The number of nitrogens with one attached hydrogen (secondary N) is 2. The summed E-state index contributed by atoms with van der Waals surface area (Å²) in [5, 5.41) is 9.66. The number of hydrogen-bond acceptors (Lipinski definition) is 6. The van der Waals surface area contributed by atoms with Crippen LogP contribution in [0.25, 0.3) is 10.2 Å². The summed E-state index contributed by atoms with van der Waals surface area (Å²) in [6.45, 7) is 5.36. The second-order valence-corrected chi connectivity index (χ2v) is 9.96. The van der Waals surface area contributed by atoms with Crippen LogP contribution < -0.4 is 10.6 Å². The van der Waals surface area contributed by atoms with Crippen LogP contribution in [0, 0.1) is 0 Å². The smallest absolute Gasteiger partial charge is 0.318 e. The standard InChI is InChI=1S/C24H24N6OS/c1-24(2)18-11-25-21(29-20-15-8-9-32-22(15)27-13-26-20)17(18)12-30(24)23(31)28-19-10-16(19)14-6-4-3-5-7-14/h3-9,13,16,19H,10-12H2,1-2H3,(H,28,31)(H,25,26,27,29)/t16-,19+/m0/s1. The zero-order chi connectivity index (χ0) is 21.9. The van der Waals surface area contributed by atoms with Gasteiger partial charge in [-0.25, -0.2) is 14.8 Å². The molecule has 3 aliphatic rings. The highest BCUT2D eigenvalue weighted by Gasteiger charge is 2.47. The summed E-state index contributed by atoms with van der Waals surface area (Å²) >= 11 is 1.59. The Labute approximate surface area is 190 Å². The van der Waals surface area contributed by atoms with E-state index in [1.165, 1.54) is 11.1 Å². The molecule has 32 heavy (non-hydrogen) atoms. The number of amidine groups is 1. The van der Waals surface area contributed by atoms with Crippen LogP contribution in [0.2, 0.25) is 0 Å². The van der Waals surface area contributed by atoms with E-state index >= 15 is 0 Å². The molecule has 0 bridgehead atoms. The van der Waals surface area contributed by atoms with Gasteiger partial charge in [0.1, 0.15) is 22.8 Å². The number of urea groups is 1. The zero-order valence-corrected chi connectivity index (χ0v) is 18.8. The summed E-state index contributed by atoms with van der Waals surface area (Å²) in [4.78, 5) is 29.6. The number of thiophene rings is 1. The molecule has 0 saturated heterocycles. The molecular weight excluding hydrogens is 420 g/mol. The fourth-order valence-corrected chi connectivity index (χ4v) is 5.58. The number of aliphatic imine (C=N–C) groups is 1. The fraction of sp³-hybridized carbons (Fsp3) is 0.333. The maximum absolute atomic E-state index is 13.2. The molecule has 2 atom stereocenters. The number of anilines is 1. The largest absolute Gasteiger partial charge is 0.335 e. The molecule has 1 aliphatic carbocycles. The Balaban J connectivity index is 1.17. The minimum atomic E-state index is -0.382. The van der Waals surface area contributed by atoms with Gasteiger partial charge in [0.15, 0.2) is 0 Å². The Morgan fingerprint density at radius 3 is 2.88 bits per heavy atom. The van der Waals surface area contributed by atoms with E-state index in [-0.39, 0.29) is 17.6 Å². The number of hydrogen-bond donors (Lipinski definition) is 2. The summed E-state index contributed by atoms with van der Waals surface area (Å²) in [5.74, 6) is 1.98. The van der Waals surface area contributed by atoms with E-state index in [9.17, 15) is 4.79 Å². The van der Waals surface area contributed by atoms with Crippen LogP contribution in [0.5, 0.6) is 0 Å². The molecule has 2 aromatic heterocycles. The highest BCUT2D eigenvalue weighted by molar-refractivity contribution is 7.16. The molecule has 0 unspecified atom stereocenters. The lowest BCUT2D eigenvalue weighted by Gasteiger charge is -2.34. The summed E-state index contributed by atoms with van der Waals surface area (Å²) in [6.07, 6.45) is 2.57. The second kappa shape index (κ2) is 7.13. The number of fused-ring (bicyclic) bond motifs is 1. The van der Waals surface area contributed by atoms with Crippen molar-refractivity contribution >= 4 is 39.2 Å². The molecule has 8 heteroatoms. The van der Waals surface area contributed by atoms with E-state index in [4.69, 9.17) is 4.99 Å². The van der Waals surface area contributed by atoms with Gasteiger partial charge in [-0.2, -0.15) is 0 Å². The average molecular weight is 445 g/mol. The maximum Gasteiger partial charge on any atom is 0.318 e. The van der Waals surface area contributed by atoms with Crippen LogP contribution >= 0.6 is 11.3 Å². The molecule has 2 aliphatic heterocycles. The number of rotatable bonds is 3. The first-order valence-corrected chi connectivity index (χ1v) is 11.8. The number of carbonyl (C=O) groups is 1. The third-order valence-electron chi connectivity index (χ3n) is 6.85. The van der Waals surface area contributed by atoms with E-state index in [0.717, 1.165) is 33.9 Å². The number of benzene rings is 1. The Bertz CT molecular complexity index is 1280. The number of nitrogens with zero attached hydrogens (tertiary/aromatic N) is 4. The molecule has 1 fully saturated rings. The Morgan fingerprint density at radius 1 is 1.19 bits per heavy atom. The summed E-state index contributed by atoms with van der Waals surface area (Å²) in [7, 11) is 0. The van der Waals surface area contributed by atoms with Crippen molar-refractivity contribution in [1.29, 1.82) is 0 Å². The third-order valence-corrected chi connectivity index (χ3v) is 7.67. The first-order chi connectivity index (χ1) is 15.5. The van der Waals surface area contributed by atoms with E-state index in [1.54, 1.807) is 17.7 Å². The molecule has 6 rings (SSSR count). The van der Waals surface area contributed by atoms with Gasteiger partial charge in [-0.05, 0) is 42.9 Å². The average Bonchev–Trinajstić information content (AvgIpc) is 3.11. The predicted molar refractivity (Wildman–Crippen MR) is 127 cm³/mol. The first kappa shape index (κ1) is 19.4. The third kappa shape index (κ3) is 3.09. The first-order valence-electron chi connectivity index (χ1n) is 10.9. The van der Waals surface area contributed by atoms with Gasteiger partial charge in [-0.1, -0.05) is 30.3 Å². The Morgan fingerprint density at radius 2 is 2.03 bits per heavy atom. The molecule has 162 valence electrons. The molecular formula is C24H24N6OS. The Hall–Kier alpha value is -3.26. The van der Waals surface area contributed by atoms with Crippen molar-refractivity contribution in [2.45, 2.75) is 37.8 Å². The lowest BCUT2D eigenvalue weighted by Crippen LogP contribution is -2.51. The molecule has 2 amide bonds. The van der Waals surface area contributed by atoms with E-state index in [2.05, 4.69) is 58.7 Å². The summed E-state index contributed by atoms with van der Waals surface area (Å²) < 4.78 is 0. The molecule has 7 nitrogen and oxygen atoms in total. The number of carbonyl (C=O) groups excluding carboxylic acids is 1. The molecule has 0 radical (unpaired) electrons. The van der Waals surface area contributed by atoms with Crippen LogP contribution in [-0.2, 0) is 0 Å². The van der Waals surface area contributed by atoms with Gasteiger partial charge in [0, 0.05) is 17.5 Å². The Kier molecular flexibility index (Phi) is 4.33. The minimum Gasteiger partial charge on any atom is -0.335 e. The second-order valence-electron chi connectivity index (χ2n) is 9.06. The van der Waals surface area contributed by atoms with Crippen molar-refractivity contribution in [2.24, 2.45) is 4.99 Å². The lowest BCUT2D eigenvalue weighted by molar-refractivity contribution is 0.170. The van der Waals surface area contributed by atoms with Gasteiger partial charge in [-0.3, -0.25) is 4.99 Å². The van der Waals surface area contributed by atoms with Crippen LogP contribution in [-0.4, -0.2) is 51.4 Å². The zero-order valence-electron chi connectivity index (χ0n) is 18.0. The van der Waals surface area contributed by atoms with Crippen molar-refractivity contribution in [1.82, 2.24) is 20.2 Å². The predicted octanol–water partition coefficient (Wildman–Crippen LogP) is 4.17. The van der Waals surface area contributed by atoms with E-state index in [1.807, 2.05) is 22.4 Å². The number of aromatic nitrogens is 2.